The summed E-state index contributed by atoms with van der Waals surface area (Å²) in [6.45, 7) is 4.88. The Morgan fingerprint density at radius 1 is 1.10 bits per heavy atom. The van der Waals surface area contributed by atoms with Crippen molar-refractivity contribution >= 4 is 55.9 Å². The van der Waals surface area contributed by atoms with Crippen LogP contribution in [0.3, 0.4) is 0 Å². The number of likely N-dealkylation sites (tertiary alicyclic amines) is 1. The number of ketones is 1. The lowest BCUT2D eigenvalue weighted by molar-refractivity contribution is -0.137. The van der Waals surface area contributed by atoms with E-state index in [-0.39, 0.29) is 25.3 Å². The molecule has 1 aromatic carbocycles. The van der Waals surface area contributed by atoms with Crippen LogP contribution in [-0.4, -0.2) is 65.4 Å². The highest BCUT2D eigenvalue weighted by molar-refractivity contribution is 9.10. The number of fused-ring (bicyclic) bond motifs is 2. The molecular weight excluding hydrogens is 605 g/mol. The Kier molecular flexibility index (Phi) is 7.09. The van der Waals surface area contributed by atoms with E-state index < -0.39 is 24.0 Å². The highest BCUT2D eigenvalue weighted by Gasteiger charge is 2.40. The van der Waals surface area contributed by atoms with Gasteiger partial charge in [-0.15, -0.1) is 0 Å². The number of nitrogens with one attached hydrogen (secondary N) is 1. The van der Waals surface area contributed by atoms with Crippen molar-refractivity contribution in [2.45, 2.75) is 46.0 Å². The van der Waals surface area contributed by atoms with Crippen molar-refractivity contribution in [2.24, 2.45) is 0 Å². The zero-order valence-corrected chi connectivity index (χ0v) is 24.7. The van der Waals surface area contributed by atoms with Crippen molar-refractivity contribution in [3.05, 3.63) is 76.4 Å². The molecule has 214 valence electrons. The van der Waals surface area contributed by atoms with E-state index in [0.29, 0.717) is 26.9 Å². The molecule has 1 fully saturated rings. The molecule has 0 aliphatic carbocycles. The Bertz CT molecular complexity index is 1880. The summed E-state index contributed by atoms with van der Waals surface area (Å²) in [5.41, 5.74) is 5.26. The van der Waals surface area contributed by atoms with Gasteiger partial charge in [-0.25, -0.2) is 18.9 Å². The number of hydrogen-bond acceptors (Lipinski definition) is 6. The Morgan fingerprint density at radius 2 is 1.90 bits per heavy atom. The van der Waals surface area contributed by atoms with E-state index in [4.69, 9.17) is 0 Å². The maximum absolute atomic E-state index is 14.6. The molecule has 1 aliphatic heterocycles. The molecule has 10 nitrogen and oxygen atoms in total. The largest absolute Gasteiger partial charge is 0.337 e. The maximum Gasteiger partial charge on any atom is 0.248 e. The topological polar surface area (TPSA) is 114 Å². The molecule has 42 heavy (non-hydrogen) atoms. The number of amides is 2. The first kappa shape index (κ1) is 27.7. The number of halogens is 2. The van der Waals surface area contributed by atoms with Gasteiger partial charge in [0.25, 0.3) is 0 Å². The van der Waals surface area contributed by atoms with Crippen LogP contribution >= 0.6 is 15.9 Å². The summed E-state index contributed by atoms with van der Waals surface area (Å²) in [7, 11) is 0. The third kappa shape index (κ3) is 5.29. The predicted octanol–water partition coefficient (Wildman–Crippen LogP) is 4.91. The van der Waals surface area contributed by atoms with Gasteiger partial charge in [0, 0.05) is 53.1 Å². The van der Waals surface area contributed by atoms with Gasteiger partial charge in [-0.1, -0.05) is 6.07 Å². The highest BCUT2D eigenvalue weighted by atomic mass is 79.9. The third-order valence-corrected chi connectivity index (χ3v) is 7.80. The number of benzene rings is 1. The first-order valence-electron chi connectivity index (χ1n) is 13.4. The molecule has 1 N–H and O–H groups in total. The summed E-state index contributed by atoms with van der Waals surface area (Å²) in [4.78, 5) is 49.2. The standard InChI is InChI=1S/C30H27BrFN7O3/c1-16-6-26(31)34-27(7-16)35-30(42)25-10-21(32)13-38(25)29(41)15-37-14-23(18(3)40)22-9-19(4-5-24(22)37)20-11-33-28-8-17(2)36-39(28)12-20/h4-9,11-12,14,21,25H,10,13,15H2,1-3H3,(H,34,35,42)/t21-,25+/m1/s1. The van der Waals surface area contributed by atoms with Crippen LogP contribution in [0, 0.1) is 13.8 Å². The fraction of sp³-hybridized carbons (Fsp3) is 0.267. The van der Waals surface area contributed by atoms with Gasteiger partial charge in [0.05, 0.1) is 12.2 Å². The van der Waals surface area contributed by atoms with Gasteiger partial charge in [0.1, 0.15) is 29.2 Å². The van der Waals surface area contributed by atoms with E-state index in [1.807, 2.05) is 44.3 Å². The first-order chi connectivity index (χ1) is 20.0. The molecule has 0 bridgehead atoms. The number of rotatable bonds is 6. The monoisotopic (exact) mass is 631 g/mol. The average Bonchev–Trinajstić information content (AvgIpc) is 3.61. The summed E-state index contributed by atoms with van der Waals surface area (Å²) >= 11 is 3.31. The Labute approximate surface area is 248 Å². The van der Waals surface area contributed by atoms with E-state index in [0.717, 1.165) is 28.0 Å². The van der Waals surface area contributed by atoms with Gasteiger partial charge >= 0.3 is 0 Å². The van der Waals surface area contributed by atoms with Crippen LogP contribution in [0.5, 0.6) is 0 Å². The van der Waals surface area contributed by atoms with Crippen molar-refractivity contribution in [2.75, 3.05) is 11.9 Å². The lowest BCUT2D eigenvalue weighted by Gasteiger charge is -2.24. The van der Waals surface area contributed by atoms with Gasteiger partial charge < -0.3 is 14.8 Å². The lowest BCUT2D eigenvalue weighted by Crippen LogP contribution is -2.44. The number of aryl methyl sites for hydroxylation is 2. The van der Waals surface area contributed by atoms with Crippen molar-refractivity contribution in [1.82, 2.24) is 29.0 Å². The molecule has 0 radical (unpaired) electrons. The molecule has 0 saturated carbocycles. The third-order valence-electron chi connectivity index (χ3n) is 7.40. The number of carbonyl (C=O) groups is 3. The van der Waals surface area contributed by atoms with E-state index in [9.17, 15) is 18.8 Å². The summed E-state index contributed by atoms with van der Waals surface area (Å²) in [6.07, 6.45) is 3.83. The number of alkyl halides is 1. The number of aromatic nitrogens is 5. The smallest absolute Gasteiger partial charge is 0.248 e. The van der Waals surface area contributed by atoms with E-state index >= 15 is 0 Å². The van der Waals surface area contributed by atoms with Crippen LogP contribution in [0.4, 0.5) is 10.2 Å². The average molecular weight is 632 g/mol. The Morgan fingerprint density at radius 3 is 2.67 bits per heavy atom. The van der Waals surface area contributed by atoms with E-state index in [1.165, 1.54) is 11.8 Å². The zero-order chi connectivity index (χ0) is 29.7. The minimum absolute atomic E-state index is 0.104. The second kappa shape index (κ2) is 10.8. The second-order valence-electron chi connectivity index (χ2n) is 10.6. The van der Waals surface area contributed by atoms with Crippen molar-refractivity contribution in [1.29, 1.82) is 0 Å². The molecule has 5 aromatic rings. The molecule has 1 saturated heterocycles. The minimum Gasteiger partial charge on any atom is -0.337 e. The number of carbonyl (C=O) groups excluding carboxylic acids is 3. The number of Topliss-reactive ketones (excluding diaryl/α,β-unsaturated/α-hetero) is 1. The summed E-state index contributed by atoms with van der Waals surface area (Å²) in [6, 6.07) is 10.0. The maximum atomic E-state index is 14.6. The summed E-state index contributed by atoms with van der Waals surface area (Å²) in [5.74, 6) is -0.762. The molecule has 4 aromatic heterocycles. The fourth-order valence-electron chi connectivity index (χ4n) is 5.48. The second-order valence-corrected chi connectivity index (χ2v) is 11.4. The number of nitrogens with zero attached hydrogens (tertiary/aromatic N) is 6. The summed E-state index contributed by atoms with van der Waals surface area (Å²) in [5, 5.41) is 7.82. The van der Waals surface area contributed by atoms with Crippen LogP contribution in [0.1, 0.15) is 35.0 Å². The highest BCUT2D eigenvalue weighted by Crippen LogP contribution is 2.30. The zero-order valence-electron chi connectivity index (χ0n) is 23.1. The molecule has 12 heteroatoms. The fourth-order valence-corrected chi connectivity index (χ4v) is 6.03. The van der Waals surface area contributed by atoms with Crippen LogP contribution < -0.4 is 5.32 Å². The number of hydrogen-bond donors (Lipinski definition) is 1. The van der Waals surface area contributed by atoms with Crippen LogP contribution in [-0.2, 0) is 16.1 Å². The predicted molar refractivity (Wildman–Crippen MR) is 159 cm³/mol. The van der Waals surface area contributed by atoms with Gasteiger partial charge in [0.15, 0.2) is 11.4 Å². The number of pyridine rings is 1. The minimum atomic E-state index is -1.33. The van der Waals surface area contributed by atoms with Crippen molar-refractivity contribution < 1.29 is 18.8 Å². The first-order valence-corrected chi connectivity index (χ1v) is 14.2. The van der Waals surface area contributed by atoms with Crippen molar-refractivity contribution in [3.8, 4) is 11.1 Å². The summed E-state index contributed by atoms with van der Waals surface area (Å²) < 4.78 is 18.5. The molecule has 1 aliphatic rings. The molecule has 0 spiro atoms. The Balaban J connectivity index is 1.27. The number of anilines is 1. The van der Waals surface area contributed by atoms with Gasteiger partial charge in [-0.3, -0.25) is 14.4 Å². The molecule has 0 unspecified atom stereocenters. The van der Waals surface area contributed by atoms with E-state index in [2.05, 4.69) is 36.3 Å². The molecule has 2 amide bonds. The van der Waals surface area contributed by atoms with E-state index in [1.54, 1.807) is 33.6 Å². The molecule has 6 rings (SSSR count). The van der Waals surface area contributed by atoms with Gasteiger partial charge in [-0.05, 0) is 72.1 Å². The van der Waals surface area contributed by atoms with Crippen LogP contribution in [0.2, 0.25) is 0 Å². The Hall–Kier alpha value is -4.45. The van der Waals surface area contributed by atoms with Crippen molar-refractivity contribution in [3.63, 3.8) is 0 Å². The quantitative estimate of drug-likeness (QED) is 0.210. The normalized spacial score (nSPS) is 16.8. The molecular formula is C30H27BrFN7O3. The van der Waals surface area contributed by atoms with Crippen LogP contribution in [0.15, 0.2) is 59.6 Å². The molecule has 2 atom stereocenters. The lowest BCUT2D eigenvalue weighted by atomic mass is 10.0. The van der Waals surface area contributed by atoms with Gasteiger partial charge in [0.2, 0.25) is 11.8 Å². The van der Waals surface area contributed by atoms with Gasteiger partial charge in [-0.2, -0.15) is 5.10 Å². The molecule has 5 heterocycles. The SMILES string of the molecule is CC(=O)c1cn(CC(=O)N2C[C@H](F)C[C@H]2C(=O)Nc2cc(C)cc(Br)n2)c2ccc(-c3cnc4cc(C)nn4c3)cc12. The van der Waals surface area contributed by atoms with Crippen LogP contribution in [0.25, 0.3) is 27.7 Å².